The molecule has 0 aliphatic rings. The molecule has 1 unspecified atom stereocenters. The number of anilines is 1. The van der Waals surface area contributed by atoms with E-state index < -0.39 is 40.2 Å². The molecule has 4 aromatic carbocycles. The standard InChI is InChI=1S/C32H30Cl2FN3O4S/c1-2-36-32(40)30(19-23-11-5-3-6-12-23)37(21-24-13-9-10-16-27(24)33)31(39)22-38(25-17-18-29(35)28(34)20-25)43(41,42)26-14-7-4-8-15-26/h3-18,20,30H,2,19,21-22H2,1H3,(H,36,40). The van der Waals surface area contributed by atoms with Crippen LogP contribution in [0.1, 0.15) is 18.1 Å². The van der Waals surface area contributed by atoms with Crippen LogP contribution in [0, 0.1) is 5.82 Å². The first-order valence-electron chi connectivity index (χ1n) is 13.5. The summed E-state index contributed by atoms with van der Waals surface area (Å²) in [5, 5.41) is 2.87. The lowest BCUT2D eigenvalue weighted by atomic mass is 10.0. The van der Waals surface area contributed by atoms with Gasteiger partial charge in [0.25, 0.3) is 10.0 Å². The van der Waals surface area contributed by atoms with Gasteiger partial charge in [0.05, 0.1) is 15.6 Å². The third-order valence-electron chi connectivity index (χ3n) is 6.72. The molecule has 1 N–H and O–H groups in total. The highest BCUT2D eigenvalue weighted by atomic mass is 35.5. The zero-order chi connectivity index (χ0) is 31.0. The van der Waals surface area contributed by atoms with Crippen molar-refractivity contribution in [1.82, 2.24) is 10.2 Å². The summed E-state index contributed by atoms with van der Waals surface area (Å²) < 4.78 is 42.8. The third kappa shape index (κ3) is 7.93. The molecule has 0 spiro atoms. The lowest BCUT2D eigenvalue weighted by Gasteiger charge is -2.34. The molecule has 0 aliphatic carbocycles. The van der Waals surface area contributed by atoms with Crippen molar-refractivity contribution in [2.45, 2.75) is 30.8 Å². The molecule has 0 heterocycles. The number of rotatable bonds is 12. The average Bonchev–Trinajstić information content (AvgIpc) is 3.01. The van der Waals surface area contributed by atoms with E-state index in [2.05, 4.69) is 5.32 Å². The van der Waals surface area contributed by atoms with Crippen LogP contribution in [0.3, 0.4) is 0 Å². The van der Waals surface area contributed by atoms with Crippen LogP contribution in [0.25, 0.3) is 0 Å². The summed E-state index contributed by atoms with van der Waals surface area (Å²) in [6, 6.07) is 26.1. The number of halogens is 3. The van der Waals surface area contributed by atoms with E-state index >= 15 is 0 Å². The number of benzene rings is 4. The van der Waals surface area contributed by atoms with E-state index in [1.807, 2.05) is 30.3 Å². The summed E-state index contributed by atoms with van der Waals surface area (Å²) in [7, 11) is -4.33. The van der Waals surface area contributed by atoms with Gasteiger partial charge in [-0.2, -0.15) is 0 Å². The number of carbonyl (C=O) groups is 2. The minimum atomic E-state index is -4.33. The predicted octanol–water partition coefficient (Wildman–Crippen LogP) is 6.10. The van der Waals surface area contributed by atoms with Gasteiger partial charge < -0.3 is 10.2 Å². The van der Waals surface area contributed by atoms with Crippen LogP contribution in [0.2, 0.25) is 10.0 Å². The largest absolute Gasteiger partial charge is 0.355 e. The molecule has 43 heavy (non-hydrogen) atoms. The zero-order valence-electron chi connectivity index (χ0n) is 23.3. The van der Waals surface area contributed by atoms with Crippen molar-refractivity contribution in [3.63, 3.8) is 0 Å². The van der Waals surface area contributed by atoms with Crippen molar-refractivity contribution in [2.24, 2.45) is 0 Å². The van der Waals surface area contributed by atoms with Gasteiger partial charge in [0.1, 0.15) is 18.4 Å². The van der Waals surface area contributed by atoms with Crippen LogP contribution < -0.4 is 9.62 Å². The molecule has 0 radical (unpaired) electrons. The molecule has 4 aromatic rings. The first kappa shape index (κ1) is 32.0. The second kappa shape index (κ2) is 14.5. The lowest BCUT2D eigenvalue weighted by molar-refractivity contribution is -0.140. The van der Waals surface area contributed by atoms with Crippen molar-refractivity contribution in [2.75, 3.05) is 17.4 Å². The molecule has 1 atom stereocenters. The van der Waals surface area contributed by atoms with Gasteiger partial charge >= 0.3 is 0 Å². The fourth-order valence-electron chi connectivity index (χ4n) is 4.54. The van der Waals surface area contributed by atoms with Crippen molar-refractivity contribution in [3.05, 3.63) is 130 Å². The molecular weight excluding hydrogens is 612 g/mol. The highest BCUT2D eigenvalue weighted by Crippen LogP contribution is 2.29. The second-order valence-electron chi connectivity index (χ2n) is 9.64. The second-order valence-corrected chi connectivity index (χ2v) is 12.3. The number of hydrogen-bond donors (Lipinski definition) is 1. The van der Waals surface area contributed by atoms with Crippen LogP contribution in [0.15, 0.2) is 108 Å². The SMILES string of the molecule is CCNC(=O)C(Cc1ccccc1)N(Cc1ccccc1Cl)C(=O)CN(c1ccc(F)c(Cl)c1)S(=O)(=O)c1ccccc1. The van der Waals surface area contributed by atoms with Crippen LogP contribution in [-0.4, -0.2) is 44.3 Å². The Hall–Kier alpha value is -3.92. The summed E-state index contributed by atoms with van der Waals surface area (Å²) in [4.78, 5) is 29.1. The Labute approximate surface area is 260 Å². The maximum atomic E-state index is 14.3. The van der Waals surface area contributed by atoms with Gasteiger partial charge in [0, 0.05) is 24.5 Å². The number of nitrogens with one attached hydrogen (secondary N) is 1. The number of likely N-dealkylation sites (N-methyl/N-ethyl adjacent to an activating group) is 1. The Morgan fingerprint density at radius 2 is 1.49 bits per heavy atom. The van der Waals surface area contributed by atoms with E-state index in [1.54, 1.807) is 49.4 Å². The van der Waals surface area contributed by atoms with Gasteiger partial charge in [-0.1, -0.05) is 89.9 Å². The number of sulfonamides is 1. The summed E-state index contributed by atoms with van der Waals surface area (Å²) in [5.74, 6) is -1.82. The Morgan fingerprint density at radius 3 is 2.12 bits per heavy atom. The lowest BCUT2D eigenvalue weighted by Crippen LogP contribution is -2.53. The first-order valence-corrected chi connectivity index (χ1v) is 15.7. The molecule has 0 aliphatic heterocycles. The van der Waals surface area contributed by atoms with Gasteiger partial charge in [0.2, 0.25) is 11.8 Å². The summed E-state index contributed by atoms with van der Waals surface area (Å²) >= 11 is 12.5. The van der Waals surface area contributed by atoms with Gasteiger partial charge in [-0.15, -0.1) is 0 Å². The van der Waals surface area contributed by atoms with Gasteiger partial charge in [-0.25, -0.2) is 12.8 Å². The Morgan fingerprint density at radius 1 is 0.860 bits per heavy atom. The molecule has 0 saturated heterocycles. The normalized spacial score (nSPS) is 11.9. The van der Waals surface area contributed by atoms with E-state index in [1.165, 1.54) is 23.1 Å². The van der Waals surface area contributed by atoms with Crippen molar-refractivity contribution < 1.29 is 22.4 Å². The molecule has 2 amide bonds. The fraction of sp³-hybridized carbons (Fsp3) is 0.188. The van der Waals surface area contributed by atoms with Gasteiger partial charge in [0.15, 0.2) is 0 Å². The van der Waals surface area contributed by atoms with Crippen LogP contribution >= 0.6 is 23.2 Å². The predicted molar refractivity (Wildman–Crippen MR) is 167 cm³/mol. The van der Waals surface area contributed by atoms with E-state index in [0.717, 1.165) is 22.0 Å². The maximum absolute atomic E-state index is 14.3. The van der Waals surface area contributed by atoms with Gasteiger partial charge in [-0.05, 0) is 54.4 Å². The van der Waals surface area contributed by atoms with Crippen molar-refractivity contribution >= 4 is 50.7 Å². The topological polar surface area (TPSA) is 86.8 Å². The van der Waals surface area contributed by atoms with Gasteiger partial charge in [-0.3, -0.25) is 13.9 Å². The fourth-order valence-corrected chi connectivity index (χ4v) is 6.34. The Bertz CT molecular complexity index is 1670. The highest BCUT2D eigenvalue weighted by Gasteiger charge is 2.35. The third-order valence-corrected chi connectivity index (χ3v) is 9.17. The number of nitrogens with zero attached hydrogens (tertiary/aromatic N) is 2. The maximum Gasteiger partial charge on any atom is 0.264 e. The Kier molecular flexibility index (Phi) is 10.8. The van der Waals surface area contributed by atoms with E-state index in [0.29, 0.717) is 17.1 Å². The molecule has 0 saturated carbocycles. The monoisotopic (exact) mass is 641 g/mol. The van der Waals surface area contributed by atoms with Crippen LogP contribution in [0.4, 0.5) is 10.1 Å². The average molecular weight is 643 g/mol. The van der Waals surface area contributed by atoms with E-state index in [9.17, 15) is 22.4 Å². The zero-order valence-corrected chi connectivity index (χ0v) is 25.6. The highest BCUT2D eigenvalue weighted by molar-refractivity contribution is 7.92. The smallest absolute Gasteiger partial charge is 0.264 e. The van der Waals surface area contributed by atoms with E-state index in [4.69, 9.17) is 23.2 Å². The van der Waals surface area contributed by atoms with Crippen molar-refractivity contribution in [3.8, 4) is 0 Å². The molecule has 0 aromatic heterocycles. The minimum absolute atomic E-state index is 0.0149. The minimum Gasteiger partial charge on any atom is -0.355 e. The van der Waals surface area contributed by atoms with Crippen molar-refractivity contribution in [1.29, 1.82) is 0 Å². The molecule has 11 heteroatoms. The molecule has 0 fully saturated rings. The first-order chi connectivity index (χ1) is 20.6. The quantitative estimate of drug-likeness (QED) is 0.202. The van der Waals surface area contributed by atoms with E-state index in [-0.39, 0.29) is 28.6 Å². The summed E-state index contributed by atoms with van der Waals surface area (Å²) in [6.45, 7) is 1.32. The molecule has 0 bridgehead atoms. The Balaban J connectivity index is 1.81. The molecular formula is C32H30Cl2FN3O4S. The number of amides is 2. The number of carbonyl (C=O) groups excluding carboxylic acids is 2. The summed E-state index contributed by atoms with van der Waals surface area (Å²) in [5.41, 5.74) is 1.36. The van der Waals surface area contributed by atoms with Crippen LogP contribution in [0.5, 0.6) is 0 Å². The van der Waals surface area contributed by atoms with Crippen LogP contribution in [-0.2, 0) is 32.6 Å². The molecule has 224 valence electrons. The molecule has 4 rings (SSSR count). The molecule has 7 nitrogen and oxygen atoms in total. The summed E-state index contributed by atoms with van der Waals surface area (Å²) in [6.07, 6.45) is 0.163. The number of hydrogen-bond acceptors (Lipinski definition) is 4.